The summed E-state index contributed by atoms with van der Waals surface area (Å²) >= 11 is 1.61. The Labute approximate surface area is 100 Å². The molecule has 1 aromatic carbocycles. The second kappa shape index (κ2) is 5.95. The molecule has 0 amide bonds. The first-order valence-electron chi connectivity index (χ1n) is 5.07. The van der Waals surface area contributed by atoms with Gasteiger partial charge in [0.1, 0.15) is 6.07 Å². The maximum atomic E-state index is 8.99. The molecule has 0 aliphatic rings. The average Bonchev–Trinajstić information content (AvgIpc) is 2.25. The Balaban J connectivity index is 2.90. The van der Waals surface area contributed by atoms with Gasteiger partial charge in [0.15, 0.2) is 0 Å². The zero-order valence-corrected chi connectivity index (χ0v) is 10.2. The van der Waals surface area contributed by atoms with Gasteiger partial charge >= 0.3 is 7.12 Å². The van der Waals surface area contributed by atoms with Gasteiger partial charge in [-0.15, -0.1) is 11.8 Å². The van der Waals surface area contributed by atoms with Gasteiger partial charge in [-0.1, -0.05) is 19.9 Å². The van der Waals surface area contributed by atoms with Gasteiger partial charge in [0.05, 0.1) is 5.56 Å². The summed E-state index contributed by atoms with van der Waals surface area (Å²) in [6.45, 7) is 4.23. The number of hydrogen-bond acceptors (Lipinski definition) is 4. The third-order valence-electron chi connectivity index (χ3n) is 1.99. The molecular weight excluding hydrogens is 221 g/mol. The summed E-state index contributed by atoms with van der Waals surface area (Å²) in [5.74, 6) is 1.50. The van der Waals surface area contributed by atoms with Crippen molar-refractivity contribution in [1.29, 1.82) is 5.26 Å². The molecule has 0 atom stereocenters. The van der Waals surface area contributed by atoms with Crippen LogP contribution in [0.25, 0.3) is 0 Å². The lowest BCUT2D eigenvalue weighted by molar-refractivity contribution is 0.425. The molecular formula is C11H14BNO2S. The van der Waals surface area contributed by atoms with Crippen LogP contribution < -0.4 is 5.46 Å². The number of hydrogen-bond donors (Lipinski definition) is 2. The Morgan fingerprint density at radius 3 is 2.62 bits per heavy atom. The van der Waals surface area contributed by atoms with E-state index < -0.39 is 7.12 Å². The normalized spacial score (nSPS) is 10.2. The highest BCUT2D eigenvalue weighted by molar-refractivity contribution is 7.99. The topological polar surface area (TPSA) is 64.2 Å². The van der Waals surface area contributed by atoms with Gasteiger partial charge in [0.2, 0.25) is 0 Å². The minimum atomic E-state index is -1.52. The third-order valence-corrected chi connectivity index (χ3v) is 3.49. The molecule has 0 saturated heterocycles. The van der Waals surface area contributed by atoms with Crippen LogP contribution >= 0.6 is 11.8 Å². The molecule has 3 nitrogen and oxygen atoms in total. The van der Waals surface area contributed by atoms with E-state index in [4.69, 9.17) is 15.3 Å². The number of thioether (sulfide) groups is 1. The van der Waals surface area contributed by atoms with Gasteiger partial charge in [-0.05, 0) is 23.5 Å². The van der Waals surface area contributed by atoms with Gasteiger partial charge in [0.25, 0.3) is 0 Å². The summed E-state index contributed by atoms with van der Waals surface area (Å²) < 4.78 is 0. The number of benzene rings is 1. The Morgan fingerprint density at radius 2 is 2.12 bits per heavy atom. The molecule has 0 bridgehead atoms. The Bertz CT molecular complexity index is 401. The van der Waals surface area contributed by atoms with Crippen molar-refractivity contribution in [3.8, 4) is 6.07 Å². The molecule has 0 radical (unpaired) electrons. The molecule has 2 N–H and O–H groups in total. The molecule has 0 aliphatic heterocycles. The highest BCUT2D eigenvalue weighted by Gasteiger charge is 2.13. The molecule has 0 fully saturated rings. The minimum absolute atomic E-state index is 0.352. The molecule has 0 aliphatic carbocycles. The van der Waals surface area contributed by atoms with Crippen LogP contribution in [0.15, 0.2) is 23.1 Å². The van der Waals surface area contributed by atoms with Crippen molar-refractivity contribution in [2.24, 2.45) is 5.92 Å². The summed E-state index contributed by atoms with van der Waals surface area (Å²) in [5, 5.41) is 26.9. The van der Waals surface area contributed by atoms with Gasteiger partial charge in [0, 0.05) is 10.6 Å². The van der Waals surface area contributed by atoms with Crippen molar-refractivity contribution in [2.45, 2.75) is 18.7 Å². The summed E-state index contributed by atoms with van der Waals surface area (Å²) in [6, 6.07) is 6.99. The standard InChI is InChI=1S/C11H14BNO2S/c1-8(2)7-16-11-4-3-10(12(14)15)5-9(11)6-13/h3-5,8,14-15H,7H2,1-2H3. The van der Waals surface area contributed by atoms with Crippen LogP contribution in [0.3, 0.4) is 0 Å². The van der Waals surface area contributed by atoms with Crippen LogP contribution in [0.5, 0.6) is 0 Å². The van der Waals surface area contributed by atoms with E-state index in [0.717, 1.165) is 10.6 Å². The predicted octanol–water partition coefficient (Wildman–Crippen LogP) is 0.986. The van der Waals surface area contributed by atoms with Crippen molar-refractivity contribution in [2.75, 3.05) is 5.75 Å². The quantitative estimate of drug-likeness (QED) is 0.603. The van der Waals surface area contributed by atoms with E-state index in [9.17, 15) is 0 Å². The van der Waals surface area contributed by atoms with E-state index in [1.54, 1.807) is 23.9 Å². The lowest BCUT2D eigenvalue weighted by atomic mass is 9.80. The van der Waals surface area contributed by atoms with Gasteiger partial charge in [-0.2, -0.15) is 5.26 Å². The SMILES string of the molecule is CC(C)CSc1ccc(B(O)O)cc1C#N. The maximum absolute atomic E-state index is 8.99. The zero-order valence-electron chi connectivity index (χ0n) is 9.34. The van der Waals surface area contributed by atoms with Crippen LogP contribution in [0, 0.1) is 17.2 Å². The van der Waals surface area contributed by atoms with E-state index in [2.05, 4.69) is 19.9 Å². The molecule has 0 unspecified atom stereocenters. The minimum Gasteiger partial charge on any atom is -0.423 e. The van der Waals surface area contributed by atoms with Gasteiger partial charge in [-0.25, -0.2) is 0 Å². The van der Waals surface area contributed by atoms with E-state index in [-0.39, 0.29) is 0 Å². The fraction of sp³-hybridized carbons (Fsp3) is 0.364. The second-order valence-corrected chi connectivity index (χ2v) is 5.01. The van der Waals surface area contributed by atoms with Crippen molar-refractivity contribution in [1.82, 2.24) is 0 Å². The van der Waals surface area contributed by atoms with Crippen molar-refractivity contribution < 1.29 is 10.0 Å². The number of nitriles is 1. The van der Waals surface area contributed by atoms with Crippen molar-refractivity contribution in [3.63, 3.8) is 0 Å². The first-order chi connectivity index (χ1) is 7.54. The molecule has 1 aromatic rings. The molecule has 0 spiro atoms. The summed E-state index contributed by atoms with van der Waals surface area (Å²) in [6.07, 6.45) is 0. The molecule has 0 aromatic heterocycles. The van der Waals surface area contributed by atoms with Crippen LogP contribution in [0.1, 0.15) is 19.4 Å². The van der Waals surface area contributed by atoms with E-state index in [1.165, 1.54) is 6.07 Å². The molecule has 16 heavy (non-hydrogen) atoms. The van der Waals surface area contributed by atoms with Crippen LogP contribution in [-0.2, 0) is 0 Å². The van der Waals surface area contributed by atoms with Crippen molar-refractivity contribution >= 4 is 24.3 Å². The Kier molecular flexibility index (Phi) is 4.87. The largest absolute Gasteiger partial charge is 0.488 e. The fourth-order valence-corrected chi connectivity index (χ4v) is 2.12. The van der Waals surface area contributed by atoms with E-state index in [0.29, 0.717) is 16.9 Å². The number of nitrogens with zero attached hydrogens (tertiary/aromatic N) is 1. The van der Waals surface area contributed by atoms with Crippen LogP contribution in [0.4, 0.5) is 0 Å². The third kappa shape index (κ3) is 3.56. The fourth-order valence-electron chi connectivity index (χ4n) is 1.18. The van der Waals surface area contributed by atoms with Crippen LogP contribution in [-0.4, -0.2) is 22.9 Å². The molecule has 1 rings (SSSR count). The highest BCUT2D eigenvalue weighted by Crippen LogP contribution is 2.23. The zero-order chi connectivity index (χ0) is 12.1. The first-order valence-corrected chi connectivity index (χ1v) is 6.06. The molecule has 84 valence electrons. The lowest BCUT2D eigenvalue weighted by Crippen LogP contribution is -2.29. The van der Waals surface area contributed by atoms with E-state index in [1.807, 2.05) is 0 Å². The molecule has 0 saturated carbocycles. The maximum Gasteiger partial charge on any atom is 0.488 e. The van der Waals surface area contributed by atoms with E-state index >= 15 is 0 Å². The second-order valence-electron chi connectivity index (χ2n) is 3.95. The van der Waals surface area contributed by atoms with Crippen LogP contribution in [0.2, 0.25) is 0 Å². The highest BCUT2D eigenvalue weighted by atomic mass is 32.2. The summed E-state index contributed by atoms with van der Waals surface area (Å²) in [5.41, 5.74) is 0.849. The van der Waals surface area contributed by atoms with Gasteiger partial charge in [-0.3, -0.25) is 0 Å². The van der Waals surface area contributed by atoms with Crippen molar-refractivity contribution in [3.05, 3.63) is 23.8 Å². The van der Waals surface area contributed by atoms with Gasteiger partial charge < -0.3 is 10.0 Å². The molecule has 0 heterocycles. The average molecular weight is 235 g/mol. The molecule has 5 heteroatoms. The monoisotopic (exact) mass is 235 g/mol. The predicted molar refractivity (Wildman–Crippen MR) is 66.5 cm³/mol. The Hall–Kier alpha value is -0.955. The summed E-state index contributed by atoms with van der Waals surface area (Å²) in [4.78, 5) is 0.889. The number of rotatable bonds is 4. The lowest BCUT2D eigenvalue weighted by Gasteiger charge is -2.07. The summed E-state index contributed by atoms with van der Waals surface area (Å²) in [7, 11) is -1.52. The smallest absolute Gasteiger partial charge is 0.423 e. The first kappa shape index (κ1) is 13.1. The Morgan fingerprint density at radius 1 is 1.44 bits per heavy atom.